The van der Waals surface area contributed by atoms with E-state index < -0.39 is 0 Å². The van der Waals surface area contributed by atoms with Crippen LogP contribution in [-0.2, 0) is 4.74 Å². The van der Waals surface area contributed by atoms with Crippen LogP contribution >= 0.6 is 0 Å². The number of ether oxygens (including phenoxy) is 1. The summed E-state index contributed by atoms with van der Waals surface area (Å²) < 4.78 is 6.24. The van der Waals surface area contributed by atoms with Crippen molar-refractivity contribution < 1.29 is 4.74 Å². The summed E-state index contributed by atoms with van der Waals surface area (Å²) in [6.07, 6.45) is 10.9. The SMILES string of the molecule is C1CCOC1.[Li][C]1=CC=C/C1=C/Nc1ccccc1. The van der Waals surface area contributed by atoms with Crippen molar-refractivity contribution in [3.05, 3.63) is 64.6 Å². The first-order valence-corrected chi connectivity index (χ1v) is 6.81. The van der Waals surface area contributed by atoms with Crippen molar-refractivity contribution in [3.8, 4) is 0 Å². The second-order valence-corrected chi connectivity index (χ2v) is 4.64. The quantitative estimate of drug-likeness (QED) is 0.809. The number of rotatable bonds is 2. The Labute approximate surface area is 124 Å². The first-order chi connectivity index (χ1) is 9.36. The molecule has 1 aromatic carbocycles. The summed E-state index contributed by atoms with van der Waals surface area (Å²) >= 11 is 2.11. The molecule has 0 atom stereocenters. The summed E-state index contributed by atoms with van der Waals surface area (Å²) in [4.78, 5) is 0. The zero-order valence-electron chi connectivity index (χ0n) is 11.4. The maximum atomic E-state index is 4.94. The Morgan fingerprint density at radius 2 is 1.84 bits per heavy atom. The number of hydrogen-bond acceptors (Lipinski definition) is 2. The van der Waals surface area contributed by atoms with Crippen LogP contribution in [0.1, 0.15) is 12.8 Å². The van der Waals surface area contributed by atoms with Crippen molar-refractivity contribution in [2.75, 3.05) is 18.5 Å². The van der Waals surface area contributed by atoms with E-state index in [0.29, 0.717) is 0 Å². The van der Waals surface area contributed by atoms with Crippen LogP contribution in [0.15, 0.2) is 64.6 Å². The van der Waals surface area contributed by atoms with E-state index in [0.717, 1.165) is 18.9 Å². The van der Waals surface area contributed by atoms with Crippen LogP contribution in [0.3, 0.4) is 0 Å². The fraction of sp³-hybridized carbons (Fsp3) is 0.250. The third-order valence-electron chi connectivity index (χ3n) is 3.07. The van der Waals surface area contributed by atoms with Crippen molar-refractivity contribution in [1.82, 2.24) is 0 Å². The van der Waals surface area contributed by atoms with Gasteiger partial charge in [0.25, 0.3) is 0 Å². The molecule has 1 heterocycles. The summed E-state index contributed by atoms with van der Waals surface area (Å²) in [6, 6.07) is 10.2. The molecule has 1 saturated heterocycles. The molecule has 1 fully saturated rings. The maximum absolute atomic E-state index is 4.94. The number of allylic oxidation sites excluding steroid dienone is 5. The fourth-order valence-corrected chi connectivity index (χ4v) is 1.89. The predicted octanol–water partition coefficient (Wildman–Crippen LogP) is 3.40. The molecular formula is C16H18LiNO. The summed E-state index contributed by atoms with van der Waals surface area (Å²) in [5, 5.41) is 3.26. The summed E-state index contributed by atoms with van der Waals surface area (Å²) in [5.41, 5.74) is 2.36. The molecule has 19 heavy (non-hydrogen) atoms. The van der Waals surface area contributed by atoms with E-state index in [1.165, 1.54) is 22.7 Å². The van der Waals surface area contributed by atoms with Crippen molar-refractivity contribution in [2.45, 2.75) is 12.8 Å². The van der Waals surface area contributed by atoms with Gasteiger partial charge in [0, 0.05) is 13.2 Å². The second kappa shape index (κ2) is 8.07. The van der Waals surface area contributed by atoms with Crippen molar-refractivity contribution in [2.24, 2.45) is 0 Å². The Morgan fingerprint density at radius 1 is 1.11 bits per heavy atom. The van der Waals surface area contributed by atoms with Gasteiger partial charge in [0.1, 0.15) is 0 Å². The molecule has 0 aromatic heterocycles. The molecule has 0 unspecified atom stereocenters. The van der Waals surface area contributed by atoms with Gasteiger partial charge in [-0.2, -0.15) is 0 Å². The van der Waals surface area contributed by atoms with Gasteiger partial charge in [0.2, 0.25) is 0 Å². The van der Waals surface area contributed by atoms with E-state index in [1.807, 2.05) is 24.4 Å². The van der Waals surface area contributed by atoms with Gasteiger partial charge in [-0.05, 0) is 12.8 Å². The molecule has 0 amide bonds. The number of hydrogen-bond donors (Lipinski definition) is 1. The molecule has 1 aliphatic carbocycles. The number of nitrogens with one attached hydrogen (secondary N) is 1. The van der Waals surface area contributed by atoms with Crippen LogP contribution in [-0.4, -0.2) is 30.9 Å². The van der Waals surface area contributed by atoms with E-state index in [9.17, 15) is 0 Å². The molecule has 0 radical (unpaired) electrons. The molecule has 0 bridgehead atoms. The third-order valence-corrected chi connectivity index (χ3v) is 3.07. The molecule has 3 rings (SSSR count). The predicted molar refractivity (Wildman–Crippen MR) is 81.2 cm³/mol. The normalized spacial score (nSPS) is 19.1. The minimum atomic E-state index is 1.00. The molecule has 1 N–H and O–H groups in total. The van der Waals surface area contributed by atoms with Crippen molar-refractivity contribution in [3.63, 3.8) is 0 Å². The first kappa shape index (κ1) is 14.2. The standard InChI is InChI=1S/C12H10N.C4H8O.Li/c1-2-8-12(9-3-1)13-10-11-6-4-5-7-11;1-2-4-5-3-1;/h1-6,8-10,13H;1-4H2;/b11-10-;;. The molecule has 2 aliphatic rings. The Balaban J connectivity index is 0.000000224. The molecule has 0 spiro atoms. The van der Waals surface area contributed by atoms with E-state index in [4.69, 9.17) is 4.74 Å². The van der Waals surface area contributed by atoms with Gasteiger partial charge in [0.15, 0.2) is 0 Å². The number of anilines is 1. The van der Waals surface area contributed by atoms with Crippen LogP contribution in [0.2, 0.25) is 0 Å². The molecule has 1 aliphatic heterocycles. The minimum absolute atomic E-state index is 1.00. The Hall–Kier alpha value is -1.20. The van der Waals surface area contributed by atoms with Gasteiger partial charge in [-0.1, -0.05) is 0 Å². The molecule has 94 valence electrons. The molecular weight excluding hydrogens is 229 g/mol. The fourth-order valence-electron chi connectivity index (χ4n) is 1.89. The van der Waals surface area contributed by atoms with Gasteiger partial charge >= 0.3 is 93.3 Å². The van der Waals surface area contributed by atoms with Crippen molar-refractivity contribution in [1.29, 1.82) is 0 Å². The third kappa shape index (κ3) is 5.12. The van der Waals surface area contributed by atoms with Gasteiger partial charge in [0.05, 0.1) is 0 Å². The van der Waals surface area contributed by atoms with E-state index in [1.54, 1.807) is 0 Å². The summed E-state index contributed by atoms with van der Waals surface area (Å²) in [6.45, 7) is 2.00. The van der Waals surface area contributed by atoms with Gasteiger partial charge in [-0.25, -0.2) is 0 Å². The van der Waals surface area contributed by atoms with Crippen LogP contribution in [0.25, 0.3) is 0 Å². The Bertz CT molecular complexity index is 465. The first-order valence-electron chi connectivity index (χ1n) is 6.81. The van der Waals surface area contributed by atoms with Crippen LogP contribution in [0, 0.1) is 0 Å². The Kier molecular flexibility index (Phi) is 6.03. The summed E-state index contributed by atoms with van der Waals surface area (Å²) in [7, 11) is 0. The van der Waals surface area contributed by atoms with Crippen LogP contribution < -0.4 is 5.32 Å². The topological polar surface area (TPSA) is 21.3 Å². The van der Waals surface area contributed by atoms with Gasteiger partial charge in [-0.15, -0.1) is 0 Å². The van der Waals surface area contributed by atoms with E-state index in [2.05, 4.69) is 53.4 Å². The monoisotopic (exact) mass is 247 g/mol. The molecule has 3 heteroatoms. The molecule has 1 aromatic rings. The molecule has 2 nitrogen and oxygen atoms in total. The summed E-state index contributed by atoms with van der Waals surface area (Å²) in [5.74, 6) is 0. The zero-order chi connectivity index (χ0) is 13.3. The average molecular weight is 247 g/mol. The zero-order valence-corrected chi connectivity index (χ0v) is 11.4. The molecule has 0 saturated carbocycles. The van der Waals surface area contributed by atoms with Crippen LogP contribution in [0.5, 0.6) is 0 Å². The second-order valence-electron chi connectivity index (χ2n) is 4.64. The van der Waals surface area contributed by atoms with E-state index >= 15 is 0 Å². The average Bonchev–Trinajstić information content (AvgIpc) is 3.12. The number of benzene rings is 1. The van der Waals surface area contributed by atoms with Gasteiger partial charge < -0.3 is 4.74 Å². The Morgan fingerprint density at radius 3 is 2.37 bits per heavy atom. The van der Waals surface area contributed by atoms with Gasteiger partial charge in [-0.3, -0.25) is 0 Å². The van der Waals surface area contributed by atoms with Crippen LogP contribution in [0.4, 0.5) is 5.69 Å². The van der Waals surface area contributed by atoms with E-state index in [-0.39, 0.29) is 0 Å². The van der Waals surface area contributed by atoms with Crippen molar-refractivity contribution >= 4 is 23.4 Å². The number of para-hydroxylation sites is 1.